The molecule has 4 rings (SSSR count). The van der Waals surface area contributed by atoms with E-state index in [4.69, 9.17) is 0 Å². The van der Waals surface area contributed by atoms with E-state index in [0.717, 1.165) is 12.8 Å². The van der Waals surface area contributed by atoms with Crippen LogP contribution in [0.2, 0.25) is 0 Å². The minimum absolute atomic E-state index is 0.0163. The lowest BCUT2D eigenvalue weighted by Gasteiger charge is -2.33. The van der Waals surface area contributed by atoms with Crippen LogP contribution in [0.3, 0.4) is 0 Å². The molecule has 4 heteroatoms. The first-order valence-electron chi connectivity index (χ1n) is 8.59. The number of carbonyl (C=O) groups excluding carboxylic acids is 1. The molecule has 1 N–H and O–H groups in total. The van der Waals surface area contributed by atoms with Crippen molar-refractivity contribution in [3.8, 4) is 0 Å². The molecule has 2 bridgehead atoms. The van der Waals surface area contributed by atoms with Gasteiger partial charge in [-0.2, -0.15) is 0 Å². The first-order valence-corrected chi connectivity index (χ1v) is 8.59. The van der Waals surface area contributed by atoms with Gasteiger partial charge in [0.15, 0.2) is 0 Å². The van der Waals surface area contributed by atoms with Crippen molar-refractivity contribution in [3.63, 3.8) is 0 Å². The summed E-state index contributed by atoms with van der Waals surface area (Å²) in [5, 5.41) is 9.53. The molecule has 1 fully saturated rings. The molecule has 0 radical (unpaired) electrons. The third kappa shape index (κ3) is 2.46. The second-order valence-corrected chi connectivity index (χ2v) is 6.97. The Morgan fingerprint density at radius 3 is 2.38 bits per heavy atom. The summed E-state index contributed by atoms with van der Waals surface area (Å²) in [5.41, 5.74) is 2.47. The van der Waals surface area contributed by atoms with Crippen LogP contribution in [0.1, 0.15) is 18.4 Å². The Bertz CT molecular complexity index is 722. The van der Waals surface area contributed by atoms with Crippen molar-refractivity contribution < 1.29 is 14.7 Å². The zero-order valence-corrected chi connectivity index (χ0v) is 13.5. The van der Waals surface area contributed by atoms with E-state index in [1.807, 2.05) is 35.3 Å². The highest BCUT2D eigenvalue weighted by atomic mass is 16.4. The minimum atomic E-state index is -0.831. The lowest BCUT2D eigenvalue weighted by molar-refractivity contribution is -0.150. The standard InChI is InChI=1S/C20H21NO3/c22-19(17-15-6-7-16(12-15)18(17)20(23)24)21-10-8-14(9-11-21)13-4-2-1-3-5-13/h1-8,15-18H,9-12H2,(H,23,24)/t15-,16+,17+,18-/m0/s1. The summed E-state index contributed by atoms with van der Waals surface area (Å²) in [6, 6.07) is 10.2. The third-order valence-corrected chi connectivity index (χ3v) is 5.69. The van der Waals surface area contributed by atoms with Crippen LogP contribution >= 0.6 is 0 Å². The van der Waals surface area contributed by atoms with Crippen LogP contribution < -0.4 is 0 Å². The average molecular weight is 323 g/mol. The molecule has 124 valence electrons. The Balaban J connectivity index is 1.50. The van der Waals surface area contributed by atoms with Gasteiger partial charge in [0.1, 0.15) is 0 Å². The lowest BCUT2D eigenvalue weighted by Crippen LogP contribution is -2.44. The van der Waals surface area contributed by atoms with E-state index in [1.54, 1.807) is 0 Å². The van der Waals surface area contributed by atoms with Gasteiger partial charge in [-0.1, -0.05) is 48.6 Å². The SMILES string of the molecule is O=C(O)[C@@H]1[C@H](C(=O)N2CC=C(c3ccccc3)CC2)[C@H]2C=C[C@@H]1C2. The van der Waals surface area contributed by atoms with Crippen LogP contribution in [0.15, 0.2) is 48.6 Å². The molecule has 1 aromatic rings. The molecule has 24 heavy (non-hydrogen) atoms. The molecule has 3 aliphatic rings. The second-order valence-electron chi connectivity index (χ2n) is 6.97. The normalized spacial score (nSPS) is 31.2. The van der Waals surface area contributed by atoms with Crippen LogP contribution in [0.5, 0.6) is 0 Å². The van der Waals surface area contributed by atoms with Crippen LogP contribution in [-0.2, 0) is 9.59 Å². The maximum Gasteiger partial charge on any atom is 0.307 e. The van der Waals surface area contributed by atoms with Crippen molar-refractivity contribution >= 4 is 17.4 Å². The molecule has 0 unspecified atom stereocenters. The number of nitrogens with zero attached hydrogens (tertiary/aromatic N) is 1. The summed E-state index contributed by atoms with van der Waals surface area (Å²) in [4.78, 5) is 26.4. The topological polar surface area (TPSA) is 57.6 Å². The molecule has 1 saturated carbocycles. The highest BCUT2D eigenvalue weighted by Crippen LogP contribution is 2.49. The highest BCUT2D eigenvalue weighted by molar-refractivity contribution is 5.87. The Labute approximate surface area is 141 Å². The first-order chi connectivity index (χ1) is 11.6. The summed E-state index contributed by atoms with van der Waals surface area (Å²) < 4.78 is 0. The van der Waals surface area contributed by atoms with E-state index in [1.165, 1.54) is 11.1 Å². The van der Waals surface area contributed by atoms with Gasteiger partial charge in [0.2, 0.25) is 5.91 Å². The summed E-state index contributed by atoms with van der Waals surface area (Å²) in [6.45, 7) is 1.25. The van der Waals surface area contributed by atoms with Crippen molar-refractivity contribution in [2.24, 2.45) is 23.7 Å². The van der Waals surface area contributed by atoms with Crippen molar-refractivity contribution in [2.75, 3.05) is 13.1 Å². The predicted molar refractivity (Wildman–Crippen MR) is 91.0 cm³/mol. The summed E-state index contributed by atoms with van der Waals surface area (Å²) in [5.74, 6) is -1.62. The van der Waals surface area contributed by atoms with Gasteiger partial charge >= 0.3 is 5.97 Å². The summed E-state index contributed by atoms with van der Waals surface area (Å²) >= 11 is 0. The third-order valence-electron chi connectivity index (χ3n) is 5.69. The van der Waals surface area contributed by atoms with E-state index < -0.39 is 11.9 Å². The molecule has 4 nitrogen and oxygen atoms in total. The molecule has 0 saturated heterocycles. The van der Waals surface area contributed by atoms with Crippen molar-refractivity contribution in [3.05, 3.63) is 54.1 Å². The minimum Gasteiger partial charge on any atom is -0.481 e. The Morgan fingerprint density at radius 2 is 1.75 bits per heavy atom. The number of fused-ring (bicyclic) bond motifs is 2. The Hall–Kier alpha value is -2.36. The molecule has 0 spiro atoms. The summed E-state index contributed by atoms with van der Waals surface area (Å²) in [7, 11) is 0. The maximum atomic E-state index is 12.9. The molecule has 1 amide bonds. The lowest BCUT2D eigenvalue weighted by atomic mass is 9.82. The van der Waals surface area contributed by atoms with E-state index in [2.05, 4.69) is 18.2 Å². The number of carboxylic acid groups (broad SMARTS) is 1. The van der Waals surface area contributed by atoms with E-state index >= 15 is 0 Å². The van der Waals surface area contributed by atoms with Gasteiger partial charge in [-0.15, -0.1) is 0 Å². The average Bonchev–Trinajstić information content (AvgIpc) is 3.23. The Morgan fingerprint density at radius 1 is 1.04 bits per heavy atom. The maximum absolute atomic E-state index is 12.9. The molecule has 1 heterocycles. The van der Waals surface area contributed by atoms with Gasteiger partial charge in [0, 0.05) is 13.1 Å². The van der Waals surface area contributed by atoms with Crippen molar-refractivity contribution in [1.29, 1.82) is 0 Å². The van der Waals surface area contributed by atoms with Crippen LogP contribution in [0.4, 0.5) is 0 Å². The van der Waals surface area contributed by atoms with Gasteiger partial charge in [0.05, 0.1) is 11.8 Å². The fraction of sp³-hybridized carbons (Fsp3) is 0.400. The van der Waals surface area contributed by atoms with Gasteiger partial charge in [0.25, 0.3) is 0 Å². The fourth-order valence-corrected chi connectivity index (χ4v) is 4.49. The van der Waals surface area contributed by atoms with Crippen LogP contribution in [0, 0.1) is 23.7 Å². The molecular formula is C20H21NO3. The molecule has 0 aromatic heterocycles. The zero-order chi connectivity index (χ0) is 16.7. The molecule has 2 aliphatic carbocycles. The fourth-order valence-electron chi connectivity index (χ4n) is 4.49. The number of carboxylic acids is 1. The van der Waals surface area contributed by atoms with Crippen molar-refractivity contribution in [1.82, 2.24) is 4.90 Å². The predicted octanol–water partition coefficient (Wildman–Crippen LogP) is 2.83. The van der Waals surface area contributed by atoms with Crippen molar-refractivity contribution in [2.45, 2.75) is 12.8 Å². The summed E-state index contributed by atoms with van der Waals surface area (Å²) in [6.07, 6.45) is 7.77. The highest BCUT2D eigenvalue weighted by Gasteiger charge is 2.52. The number of hydrogen-bond donors (Lipinski definition) is 1. The number of amides is 1. The largest absolute Gasteiger partial charge is 0.481 e. The van der Waals surface area contributed by atoms with E-state index in [0.29, 0.717) is 13.1 Å². The molecule has 1 aliphatic heterocycles. The zero-order valence-electron chi connectivity index (χ0n) is 13.5. The quantitative estimate of drug-likeness (QED) is 0.870. The van der Waals surface area contributed by atoms with Gasteiger partial charge < -0.3 is 10.0 Å². The number of benzene rings is 1. The van der Waals surface area contributed by atoms with Crippen LogP contribution in [-0.4, -0.2) is 35.0 Å². The van der Waals surface area contributed by atoms with Gasteiger partial charge in [-0.25, -0.2) is 0 Å². The molecule has 4 atom stereocenters. The number of rotatable bonds is 3. The number of allylic oxidation sites excluding steroid dienone is 2. The molecule has 1 aromatic carbocycles. The number of carbonyl (C=O) groups is 2. The van der Waals surface area contributed by atoms with Gasteiger partial charge in [-0.3, -0.25) is 9.59 Å². The first kappa shape index (κ1) is 15.2. The number of aliphatic carboxylic acids is 1. The smallest absolute Gasteiger partial charge is 0.307 e. The van der Waals surface area contributed by atoms with Crippen LogP contribution in [0.25, 0.3) is 5.57 Å². The van der Waals surface area contributed by atoms with E-state index in [9.17, 15) is 14.7 Å². The van der Waals surface area contributed by atoms with E-state index in [-0.39, 0.29) is 23.7 Å². The Kier molecular flexibility index (Phi) is 3.75. The molecular weight excluding hydrogens is 302 g/mol. The number of hydrogen-bond acceptors (Lipinski definition) is 2. The van der Waals surface area contributed by atoms with Gasteiger partial charge in [-0.05, 0) is 35.8 Å². The monoisotopic (exact) mass is 323 g/mol. The second kappa shape index (κ2) is 5.93.